The minimum Gasteiger partial charge on any atom is -0.304 e. The molecule has 1 aliphatic rings. The van der Waals surface area contributed by atoms with Crippen molar-refractivity contribution in [2.24, 2.45) is 0 Å². The van der Waals surface area contributed by atoms with Gasteiger partial charge in [0.05, 0.1) is 0 Å². The van der Waals surface area contributed by atoms with Crippen molar-refractivity contribution in [3.05, 3.63) is 0 Å². The monoisotopic (exact) mass is 255 g/mol. The van der Waals surface area contributed by atoms with Crippen LogP contribution in [0.25, 0.3) is 0 Å². The molecule has 18 heavy (non-hydrogen) atoms. The lowest BCUT2D eigenvalue weighted by Crippen LogP contribution is -2.52. The first kappa shape index (κ1) is 15.9. The predicted molar refractivity (Wildman–Crippen MR) is 80.1 cm³/mol. The van der Waals surface area contributed by atoms with Gasteiger partial charge in [-0.1, -0.05) is 6.92 Å². The van der Waals surface area contributed by atoms with Gasteiger partial charge in [0, 0.05) is 31.7 Å². The van der Waals surface area contributed by atoms with Gasteiger partial charge in [0.2, 0.25) is 0 Å². The van der Waals surface area contributed by atoms with Gasteiger partial charge in [-0.3, -0.25) is 4.90 Å². The Balaban J connectivity index is 2.20. The van der Waals surface area contributed by atoms with E-state index in [4.69, 9.17) is 0 Å². The number of nitrogens with zero attached hydrogens (tertiary/aromatic N) is 3. The van der Waals surface area contributed by atoms with Crippen molar-refractivity contribution in [1.82, 2.24) is 14.7 Å². The predicted octanol–water partition coefficient (Wildman–Crippen LogP) is 2.13. The zero-order valence-electron chi connectivity index (χ0n) is 13.2. The van der Waals surface area contributed by atoms with Crippen molar-refractivity contribution < 1.29 is 0 Å². The largest absolute Gasteiger partial charge is 0.304 e. The second kappa shape index (κ2) is 8.13. The Labute approximate surface area is 114 Å². The fourth-order valence-corrected chi connectivity index (χ4v) is 2.70. The summed E-state index contributed by atoms with van der Waals surface area (Å²) >= 11 is 0. The Kier molecular flexibility index (Phi) is 7.20. The van der Waals surface area contributed by atoms with Gasteiger partial charge in [0.25, 0.3) is 0 Å². The first-order chi connectivity index (χ1) is 8.54. The third-order valence-electron chi connectivity index (χ3n) is 4.23. The van der Waals surface area contributed by atoms with Gasteiger partial charge in [-0.2, -0.15) is 0 Å². The minimum atomic E-state index is 0.670. The van der Waals surface area contributed by atoms with Gasteiger partial charge in [-0.25, -0.2) is 0 Å². The van der Waals surface area contributed by atoms with Crippen LogP contribution in [-0.2, 0) is 0 Å². The molecule has 0 aromatic heterocycles. The zero-order chi connectivity index (χ0) is 13.5. The molecule has 3 nitrogen and oxygen atoms in total. The van der Waals surface area contributed by atoms with Crippen LogP contribution in [0.4, 0.5) is 0 Å². The maximum Gasteiger partial charge on any atom is 0.0195 e. The van der Waals surface area contributed by atoms with Gasteiger partial charge in [0.15, 0.2) is 0 Å². The van der Waals surface area contributed by atoms with E-state index in [9.17, 15) is 0 Å². The lowest BCUT2D eigenvalue weighted by atomic mass is 10.1. The van der Waals surface area contributed by atoms with E-state index >= 15 is 0 Å². The van der Waals surface area contributed by atoms with Crippen molar-refractivity contribution in [3.63, 3.8) is 0 Å². The Hall–Kier alpha value is -0.120. The molecule has 1 fully saturated rings. The van der Waals surface area contributed by atoms with Crippen LogP contribution in [0.3, 0.4) is 0 Å². The Morgan fingerprint density at radius 2 is 1.94 bits per heavy atom. The van der Waals surface area contributed by atoms with Crippen LogP contribution in [0.5, 0.6) is 0 Å². The van der Waals surface area contributed by atoms with E-state index in [2.05, 4.69) is 49.4 Å². The SMILES string of the molecule is CCCN1CCN(CCCN(C)C(C)C)C(C)C1. The first-order valence-corrected chi connectivity index (χ1v) is 7.71. The second-order valence-electron chi connectivity index (χ2n) is 6.11. The molecule has 1 unspecified atom stereocenters. The van der Waals surface area contributed by atoms with E-state index in [0.29, 0.717) is 6.04 Å². The zero-order valence-corrected chi connectivity index (χ0v) is 13.2. The molecule has 1 saturated heterocycles. The van der Waals surface area contributed by atoms with Gasteiger partial charge in [-0.05, 0) is 60.3 Å². The van der Waals surface area contributed by atoms with Crippen molar-refractivity contribution >= 4 is 0 Å². The number of piperazine rings is 1. The maximum absolute atomic E-state index is 2.67. The van der Waals surface area contributed by atoms with E-state index in [0.717, 1.165) is 6.04 Å². The lowest BCUT2D eigenvalue weighted by Gasteiger charge is -2.40. The molecule has 108 valence electrons. The van der Waals surface area contributed by atoms with Crippen LogP contribution in [0.2, 0.25) is 0 Å². The molecular weight excluding hydrogens is 222 g/mol. The molecule has 1 aliphatic heterocycles. The summed E-state index contributed by atoms with van der Waals surface area (Å²) < 4.78 is 0. The molecule has 0 bridgehead atoms. The average molecular weight is 255 g/mol. The van der Waals surface area contributed by atoms with Crippen LogP contribution in [-0.4, -0.2) is 73.1 Å². The summed E-state index contributed by atoms with van der Waals surface area (Å²) in [6.07, 6.45) is 2.58. The van der Waals surface area contributed by atoms with Crippen molar-refractivity contribution in [3.8, 4) is 0 Å². The highest BCUT2D eigenvalue weighted by molar-refractivity contribution is 4.79. The summed E-state index contributed by atoms with van der Waals surface area (Å²) in [4.78, 5) is 7.72. The fraction of sp³-hybridized carbons (Fsp3) is 1.00. The third-order valence-corrected chi connectivity index (χ3v) is 4.23. The Morgan fingerprint density at radius 3 is 2.50 bits per heavy atom. The Bertz CT molecular complexity index is 218. The molecule has 3 heteroatoms. The summed E-state index contributed by atoms with van der Waals surface area (Å²) in [7, 11) is 2.23. The highest BCUT2D eigenvalue weighted by atomic mass is 15.3. The molecule has 0 aromatic rings. The molecule has 0 spiro atoms. The van der Waals surface area contributed by atoms with Crippen molar-refractivity contribution in [1.29, 1.82) is 0 Å². The quantitative estimate of drug-likeness (QED) is 0.690. The van der Waals surface area contributed by atoms with Crippen molar-refractivity contribution in [2.45, 2.75) is 52.6 Å². The van der Waals surface area contributed by atoms with Crippen LogP contribution in [0.15, 0.2) is 0 Å². The van der Waals surface area contributed by atoms with Crippen LogP contribution < -0.4 is 0 Å². The Morgan fingerprint density at radius 1 is 1.22 bits per heavy atom. The topological polar surface area (TPSA) is 9.72 Å². The summed E-state index contributed by atoms with van der Waals surface area (Å²) in [5.74, 6) is 0. The summed E-state index contributed by atoms with van der Waals surface area (Å²) in [5.41, 5.74) is 0. The lowest BCUT2D eigenvalue weighted by molar-refractivity contribution is 0.0796. The summed E-state index contributed by atoms with van der Waals surface area (Å²) in [6, 6.07) is 1.40. The summed E-state index contributed by atoms with van der Waals surface area (Å²) in [6.45, 7) is 16.7. The van der Waals surface area contributed by atoms with Crippen molar-refractivity contribution in [2.75, 3.05) is 46.3 Å². The first-order valence-electron chi connectivity index (χ1n) is 7.71. The molecule has 0 aliphatic carbocycles. The van der Waals surface area contributed by atoms with Crippen LogP contribution in [0, 0.1) is 0 Å². The number of hydrogen-bond donors (Lipinski definition) is 0. The standard InChI is InChI=1S/C15H33N3/c1-6-8-17-11-12-18(15(4)13-17)10-7-9-16(5)14(2)3/h14-15H,6-13H2,1-5H3. The van der Waals surface area contributed by atoms with Crippen LogP contribution in [0.1, 0.15) is 40.5 Å². The molecule has 0 N–H and O–H groups in total. The molecule has 0 saturated carbocycles. The fourth-order valence-electron chi connectivity index (χ4n) is 2.70. The van der Waals surface area contributed by atoms with Gasteiger partial charge in [-0.15, -0.1) is 0 Å². The normalized spacial score (nSPS) is 23.2. The van der Waals surface area contributed by atoms with Crippen LogP contribution >= 0.6 is 0 Å². The summed E-state index contributed by atoms with van der Waals surface area (Å²) in [5, 5.41) is 0. The van der Waals surface area contributed by atoms with Gasteiger partial charge in [0.1, 0.15) is 0 Å². The van der Waals surface area contributed by atoms with E-state index < -0.39 is 0 Å². The van der Waals surface area contributed by atoms with Gasteiger partial charge < -0.3 is 9.80 Å². The molecule has 0 amide bonds. The third kappa shape index (κ3) is 5.25. The highest BCUT2D eigenvalue weighted by Gasteiger charge is 2.22. The average Bonchev–Trinajstić information content (AvgIpc) is 2.32. The smallest absolute Gasteiger partial charge is 0.0195 e. The number of hydrogen-bond acceptors (Lipinski definition) is 3. The second-order valence-corrected chi connectivity index (χ2v) is 6.11. The highest BCUT2D eigenvalue weighted by Crippen LogP contribution is 2.10. The number of rotatable bonds is 7. The van der Waals surface area contributed by atoms with E-state index in [-0.39, 0.29) is 0 Å². The molecule has 1 rings (SSSR count). The molecule has 0 aromatic carbocycles. The molecule has 1 atom stereocenters. The molecular formula is C15H33N3. The minimum absolute atomic E-state index is 0.670. The van der Waals surface area contributed by atoms with E-state index in [1.54, 1.807) is 0 Å². The van der Waals surface area contributed by atoms with Gasteiger partial charge >= 0.3 is 0 Å². The maximum atomic E-state index is 2.67. The molecule has 1 heterocycles. The van der Waals surface area contributed by atoms with E-state index in [1.165, 1.54) is 52.1 Å². The molecule has 0 radical (unpaired) electrons. The van der Waals surface area contributed by atoms with E-state index in [1.807, 2.05) is 0 Å².